The van der Waals surface area contributed by atoms with Gasteiger partial charge in [-0.15, -0.1) is 0 Å². The maximum Gasteiger partial charge on any atom is 0.00476 e. The topological polar surface area (TPSA) is 15.3 Å². The number of nitrogens with one attached hydrogen (secondary N) is 1. The molecule has 0 saturated carbocycles. The summed E-state index contributed by atoms with van der Waals surface area (Å²) in [6.45, 7) is 7.26. The van der Waals surface area contributed by atoms with Crippen molar-refractivity contribution in [1.82, 2.24) is 10.2 Å². The van der Waals surface area contributed by atoms with Gasteiger partial charge in [0.15, 0.2) is 0 Å². The van der Waals surface area contributed by atoms with Crippen molar-refractivity contribution in [2.24, 2.45) is 5.92 Å². The third-order valence-electron chi connectivity index (χ3n) is 4.10. The number of rotatable bonds is 5. The van der Waals surface area contributed by atoms with Crippen molar-refractivity contribution in [3.05, 3.63) is 35.9 Å². The van der Waals surface area contributed by atoms with Gasteiger partial charge in [0.25, 0.3) is 0 Å². The molecule has 1 heterocycles. The second-order valence-corrected chi connectivity index (χ2v) is 5.61. The average molecular weight is 246 g/mol. The Bertz CT molecular complexity index is 328. The molecule has 1 atom stereocenters. The Morgan fingerprint density at radius 2 is 1.89 bits per heavy atom. The quantitative estimate of drug-likeness (QED) is 0.859. The highest BCUT2D eigenvalue weighted by Gasteiger charge is 2.20. The summed E-state index contributed by atoms with van der Waals surface area (Å²) in [7, 11) is 2.06. The van der Waals surface area contributed by atoms with E-state index < -0.39 is 0 Å². The van der Waals surface area contributed by atoms with Crippen molar-refractivity contribution in [3.63, 3.8) is 0 Å². The number of hydrogen-bond donors (Lipinski definition) is 1. The Hall–Kier alpha value is -0.860. The molecule has 100 valence electrons. The van der Waals surface area contributed by atoms with Gasteiger partial charge in [0.1, 0.15) is 0 Å². The van der Waals surface area contributed by atoms with E-state index in [2.05, 4.69) is 54.5 Å². The van der Waals surface area contributed by atoms with Gasteiger partial charge in [-0.05, 0) is 56.9 Å². The van der Waals surface area contributed by atoms with Crippen LogP contribution in [0, 0.1) is 5.92 Å². The van der Waals surface area contributed by atoms with Crippen LogP contribution in [0.15, 0.2) is 30.3 Å². The monoisotopic (exact) mass is 246 g/mol. The van der Waals surface area contributed by atoms with Crippen molar-refractivity contribution in [3.8, 4) is 0 Å². The van der Waals surface area contributed by atoms with E-state index in [1.54, 1.807) is 0 Å². The molecule has 1 aliphatic rings. The van der Waals surface area contributed by atoms with Crippen LogP contribution in [0.1, 0.15) is 31.2 Å². The molecule has 0 spiro atoms. The highest BCUT2D eigenvalue weighted by Crippen LogP contribution is 2.21. The van der Waals surface area contributed by atoms with Gasteiger partial charge in [0, 0.05) is 6.54 Å². The molecule has 1 saturated heterocycles. The summed E-state index contributed by atoms with van der Waals surface area (Å²) < 4.78 is 0. The molecule has 1 aliphatic heterocycles. The maximum atomic E-state index is 3.30. The molecule has 1 aromatic carbocycles. The number of hydrogen-bond acceptors (Lipinski definition) is 2. The SMILES string of the molecule is CNCC1CCN(CC(C)c2ccccc2)CC1. The van der Waals surface area contributed by atoms with E-state index in [0.717, 1.165) is 5.92 Å². The molecule has 2 nitrogen and oxygen atoms in total. The van der Waals surface area contributed by atoms with Crippen LogP contribution in [-0.4, -0.2) is 38.1 Å². The van der Waals surface area contributed by atoms with Gasteiger partial charge in [-0.25, -0.2) is 0 Å². The fourth-order valence-corrected chi connectivity index (χ4v) is 2.94. The first-order chi connectivity index (χ1) is 8.79. The standard InChI is InChI=1S/C16H26N2/c1-14(16-6-4-3-5-7-16)13-18-10-8-15(9-11-18)12-17-2/h3-7,14-15,17H,8-13H2,1-2H3. The number of benzene rings is 1. The normalized spacial score (nSPS) is 19.9. The molecule has 2 rings (SSSR count). The number of piperidine rings is 1. The lowest BCUT2D eigenvalue weighted by molar-refractivity contribution is 0.176. The van der Waals surface area contributed by atoms with Crippen LogP contribution in [0.3, 0.4) is 0 Å². The predicted octanol–water partition coefficient (Wildman–Crippen LogP) is 2.72. The van der Waals surface area contributed by atoms with Crippen molar-refractivity contribution in [1.29, 1.82) is 0 Å². The Labute approximate surface area is 111 Å². The lowest BCUT2D eigenvalue weighted by Crippen LogP contribution is -2.38. The Morgan fingerprint density at radius 1 is 1.22 bits per heavy atom. The molecule has 0 radical (unpaired) electrons. The highest BCUT2D eigenvalue weighted by atomic mass is 15.1. The van der Waals surface area contributed by atoms with Crippen LogP contribution in [0.4, 0.5) is 0 Å². The van der Waals surface area contributed by atoms with E-state index in [9.17, 15) is 0 Å². The molecule has 1 N–H and O–H groups in total. The predicted molar refractivity (Wildman–Crippen MR) is 77.9 cm³/mol. The first-order valence-electron chi connectivity index (χ1n) is 7.21. The summed E-state index contributed by atoms with van der Waals surface area (Å²) in [4.78, 5) is 2.63. The third kappa shape index (κ3) is 3.82. The summed E-state index contributed by atoms with van der Waals surface area (Å²) in [5.41, 5.74) is 1.47. The largest absolute Gasteiger partial charge is 0.319 e. The highest BCUT2D eigenvalue weighted by molar-refractivity contribution is 5.19. The van der Waals surface area contributed by atoms with Gasteiger partial charge in [0.2, 0.25) is 0 Å². The van der Waals surface area contributed by atoms with Gasteiger partial charge in [-0.2, -0.15) is 0 Å². The number of nitrogens with zero attached hydrogens (tertiary/aromatic N) is 1. The van der Waals surface area contributed by atoms with E-state index in [1.165, 1.54) is 44.6 Å². The minimum atomic E-state index is 0.645. The van der Waals surface area contributed by atoms with Crippen LogP contribution >= 0.6 is 0 Å². The summed E-state index contributed by atoms with van der Waals surface area (Å²) >= 11 is 0. The van der Waals surface area contributed by atoms with Gasteiger partial charge >= 0.3 is 0 Å². The first kappa shape index (κ1) is 13.6. The fraction of sp³-hybridized carbons (Fsp3) is 0.625. The molecule has 1 unspecified atom stereocenters. The first-order valence-corrected chi connectivity index (χ1v) is 7.21. The Kier molecular flexibility index (Phi) is 5.21. The van der Waals surface area contributed by atoms with Crippen molar-refractivity contribution in [2.75, 3.05) is 33.2 Å². The minimum absolute atomic E-state index is 0.645. The molecule has 1 aromatic rings. The molecule has 1 fully saturated rings. The Balaban J connectivity index is 1.78. The van der Waals surface area contributed by atoms with Gasteiger partial charge < -0.3 is 10.2 Å². The molecular formula is C16H26N2. The maximum absolute atomic E-state index is 3.30. The van der Waals surface area contributed by atoms with Gasteiger partial charge in [-0.3, -0.25) is 0 Å². The molecule has 0 bridgehead atoms. The summed E-state index contributed by atoms with van der Waals surface area (Å²) in [5, 5.41) is 3.30. The Morgan fingerprint density at radius 3 is 2.50 bits per heavy atom. The van der Waals surface area contributed by atoms with E-state index in [0.29, 0.717) is 5.92 Å². The van der Waals surface area contributed by atoms with E-state index in [1.807, 2.05) is 0 Å². The van der Waals surface area contributed by atoms with E-state index in [4.69, 9.17) is 0 Å². The van der Waals surface area contributed by atoms with Gasteiger partial charge in [-0.1, -0.05) is 37.3 Å². The zero-order valence-electron chi connectivity index (χ0n) is 11.7. The summed E-state index contributed by atoms with van der Waals surface area (Å²) in [5.74, 6) is 1.53. The van der Waals surface area contributed by atoms with Crippen molar-refractivity contribution in [2.45, 2.75) is 25.7 Å². The zero-order valence-corrected chi connectivity index (χ0v) is 11.7. The fourth-order valence-electron chi connectivity index (χ4n) is 2.94. The van der Waals surface area contributed by atoms with Crippen LogP contribution in [0.2, 0.25) is 0 Å². The molecule has 0 aliphatic carbocycles. The van der Waals surface area contributed by atoms with Crippen molar-refractivity contribution >= 4 is 0 Å². The summed E-state index contributed by atoms with van der Waals surface area (Å²) in [6, 6.07) is 10.9. The summed E-state index contributed by atoms with van der Waals surface area (Å²) in [6.07, 6.45) is 2.70. The van der Waals surface area contributed by atoms with E-state index in [-0.39, 0.29) is 0 Å². The number of likely N-dealkylation sites (tertiary alicyclic amines) is 1. The minimum Gasteiger partial charge on any atom is -0.319 e. The zero-order chi connectivity index (χ0) is 12.8. The second-order valence-electron chi connectivity index (χ2n) is 5.61. The molecule has 0 amide bonds. The molecule has 2 heteroatoms. The molecule has 0 aromatic heterocycles. The molecular weight excluding hydrogens is 220 g/mol. The second kappa shape index (κ2) is 6.91. The van der Waals surface area contributed by atoms with Crippen LogP contribution in [-0.2, 0) is 0 Å². The van der Waals surface area contributed by atoms with Crippen molar-refractivity contribution < 1.29 is 0 Å². The van der Waals surface area contributed by atoms with Crippen LogP contribution in [0.5, 0.6) is 0 Å². The lowest BCUT2D eigenvalue weighted by atomic mass is 9.94. The lowest BCUT2D eigenvalue weighted by Gasteiger charge is -2.33. The molecule has 18 heavy (non-hydrogen) atoms. The van der Waals surface area contributed by atoms with Gasteiger partial charge in [0.05, 0.1) is 0 Å². The average Bonchev–Trinajstić information content (AvgIpc) is 2.42. The van der Waals surface area contributed by atoms with Crippen LogP contribution in [0.25, 0.3) is 0 Å². The smallest absolute Gasteiger partial charge is 0.00476 e. The third-order valence-corrected chi connectivity index (χ3v) is 4.10. The van der Waals surface area contributed by atoms with Crippen LogP contribution < -0.4 is 5.32 Å². The van der Waals surface area contributed by atoms with E-state index >= 15 is 0 Å².